The molecule has 0 radical (unpaired) electrons. The Morgan fingerprint density at radius 3 is 2.70 bits per heavy atom. The maximum absolute atomic E-state index is 5.61. The summed E-state index contributed by atoms with van der Waals surface area (Å²) in [5, 5.41) is 0. The second-order valence-corrected chi connectivity index (χ2v) is 6.52. The molecule has 5 heteroatoms. The molecule has 1 aromatic rings. The highest BCUT2D eigenvalue weighted by Crippen LogP contribution is 2.33. The van der Waals surface area contributed by atoms with Crippen molar-refractivity contribution >= 4 is 11.6 Å². The van der Waals surface area contributed by atoms with Crippen LogP contribution in [0.2, 0.25) is 0 Å². The van der Waals surface area contributed by atoms with E-state index in [2.05, 4.69) is 36.1 Å². The lowest BCUT2D eigenvalue weighted by atomic mass is 9.84. The van der Waals surface area contributed by atoms with Crippen LogP contribution >= 0.6 is 0 Å². The molecular weight excluding hydrogens is 250 g/mol. The molecule has 1 aliphatic rings. The van der Waals surface area contributed by atoms with Crippen LogP contribution in [-0.4, -0.2) is 23.1 Å². The molecule has 20 heavy (non-hydrogen) atoms. The van der Waals surface area contributed by atoms with Gasteiger partial charge in [0.2, 0.25) is 0 Å². The van der Waals surface area contributed by atoms with Gasteiger partial charge in [-0.25, -0.2) is 15.8 Å². The second kappa shape index (κ2) is 5.95. The SMILES string of the molecule is CCCc1nc(NN)c(C)c(N2CCCC(C)(C)C2)n1. The first kappa shape index (κ1) is 15.0. The van der Waals surface area contributed by atoms with Gasteiger partial charge in [-0.2, -0.15) is 0 Å². The molecule has 0 bridgehead atoms. The molecule has 0 aliphatic carbocycles. The smallest absolute Gasteiger partial charge is 0.148 e. The van der Waals surface area contributed by atoms with Gasteiger partial charge in [-0.15, -0.1) is 0 Å². The van der Waals surface area contributed by atoms with E-state index in [-0.39, 0.29) is 0 Å². The molecule has 0 aromatic carbocycles. The lowest BCUT2D eigenvalue weighted by molar-refractivity contribution is 0.291. The molecule has 0 unspecified atom stereocenters. The summed E-state index contributed by atoms with van der Waals surface area (Å²) in [5.41, 5.74) is 4.11. The first-order valence-electron chi connectivity index (χ1n) is 7.56. The molecule has 5 nitrogen and oxygen atoms in total. The van der Waals surface area contributed by atoms with Gasteiger partial charge < -0.3 is 10.3 Å². The number of hydrogen-bond acceptors (Lipinski definition) is 5. The van der Waals surface area contributed by atoms with Crippen LogP contribution in [0.4, 0.5) is 11.6 Å². The van der Waals surface area contributed by atoms with Crippen LogP contribution < -0.4 is 16.2 Å². The van der Waals surface area contributed by atoms with Crippen LogP contribution in [0, 0.1) is 12.3 Å². The summed E-state index contributed by atoms with van der Waals surface area (Å²) in [6, 6.07) is 0. The Morgan fingerprint density at radius 2 is 2.10 bits per heavy atom. The van der Waals surface area contributed by atoms with Gasteiger partial charge in [0, 0.05) is 25.1 Å². The molecule has 3 N–H and O–H groups in total. The van der Waals surface area contributed by atoms with Crippen LogP contribution in [-0.2, 0) is 6.42 Å². The van der Waals surface area contributed by atoms with Crippen molar-refractivity contribution in [2.45, 2.75) is 53.4 Å². The van der Waals surface area contributed by atoms with Gasteiger partial charge in [-0.05, 0) is 31.6 Å². The summed E-state index contributed by atoms with van der Waals surface area (Å²) in [4.78, 5) is 11.7. The van der Waals surface area contributed by atoms with E-state index in [9.17, 15) is 0 Å². The predicted molar refractivity (Wildman–Crippen MR) is 83.8 cm³/mol. The van der Waals surface area contributed by atoms with Crippen molar-refractivity contribution in [1.82, 2.24) is 9.97 Å². The maximum atomic E-state index is 5.61. The number of nitrogens with zero attached hydrogens (tertiary/aromatic N) is 3. The van der Waals surface area contributed by atoms with Gasteiger partial charge in [-0.3, -0.25) is 0 Å². The summed E-state index contributed by atoms with van der Waals surface area (Å²) in [6.07, 6.45) is 4.42. The highest BCUT2D eigenvalue weighted by Gasteiger charge is 2.28. The number of aromatic nitrogens is 2. The molecule has 112 valence electrons. The molecule has 0 amide bonds. The van der Waals surface area contributed by atoms with E-state index in [1.165, 1.54) is 12.8 Å². The Hall–Kier alpha value is -1.36. The molecule has 1 saturated heterocycles. The van der Waals surface area contributed by atoms with Crippen molar-refractivity contribution in [3.63, 3.8) is 0 Å². The van der Waals surface area contributed by atoms with Crippen molar-refractivity contribution < 1.29 is 0 Å². The van der Waals surface area contributed by atoms with Crippen LogP contribution in [0.3, 0.4) is 0 Å². The Bertz CT molecular complexity index is 470. The van der Waals surface area contributed by atoms with Gasteiger partial charge in [0.1, 0.15) is 17.5 Å². The maximum Gasteiger partial charge on any atom is 0.148 e. The zero-order valence-corrected chi connectivity index (χ0v) is 13.2. The van der Waals surface area contributed by atoms with Crippen LogP contribution in [0.15, 0.2) is 0 Å². The van der Waals surface area contributed by atoms with Crippen molar-refractivity contribution in [3.8, 4) is 0 Å². The third kappa shape index (κ3) is 3.20. The van der Waals surface area contributed by atoms with E-state index in [4.69, 9.17) is 10.8 Å². The Morgan fingerprint density at radius 1 is 1.35 bits per heavy atom. The van der Waals surface area contributed by atoms with E-state index in [1.807, 2.05) is 6.92 Å². The average Bonchev–Trinajstić information content (AvgIpc) is 2.39. The number of hydrazine groups is 1. The standard InChI is InChI=1S/C15H27N5/c1-5-7-12-17-13(19-16)11(2)14(18-12)20-9-6-8-15(3,4)10-20/h5-10,16H2,1-4H3,(H,17,18,19). The van der Waals surface area contributed by atoms with Gasteiger partial charge in [0.15, 0.2) is 0 Å². The summed E-state index contributed by atoms with van der Waals surface area (Å²) >= 11 is 0. The molecule has 1 aliphatic heterocycles. The molecule has 2 rings (SSSR count). The van der Waals surface area contributed by atoms with E-state index in [1.54, 1.807) is 0 Å². The fraction of sp³-hybridized carbons (Fsp3) is 0.733. The third-order valence-electron chi connectivity index (χ3n) is 3.98. The molecular formula is C15H27N5. The molecule has 0 saturated carbocycles. The zero-order chi connectivity index (χ0) is 14.8. The number of piperidine rings is 1. The molecule has 0 spiro atoms. The minimum absolute atomic E-state index is 0.344. The van der Waals surface area contributed by atoms with Gasteiger partial charge >= 0.3 is 0 Å². The van der Waals surface area contributed by atoms with Crippen molar-refractivity contribution in [2.24, 2.45) is 11.3 Å². The lowest BCUT2D eigenvalue weighted by Gasteiger charge is -2.39. The van der Waals surface area contributed by atoms with Crippen LogP contribution in [0.25, 0.3) is 0 Å². The predicted octanol–water partition coefficient (Wildman–Crippen LogP) is 2.65. The van der Waals surface area contributed by atoms with Crippen molar-refractivity contribution in [2.75, 3.05) is 23.4 Å². The molecule has 1 fully saturated rings. The topological polar surface area (TPSA) is 67.1 Å². The van der Waals surface area contributed by atoms with Crippen LogP contribution in [0.5, 0.6) is 0 Å². The van der Waals surface area contributed by atoms with Gasteiger partial charge in [0.05, 0.1) is 0 Å². The number of hydrogen-bond donors (Lipinski definition) is 2. The average molecular weight is 277 g/mol. The number of aryl methyl sites for hydroxylation is 1. The number of nitrogen functional groups attached to an aromatic ring is 1. The highest BCUT2D eigenvalue weighted by molar-refractivity contribution is 5.58. The first-order chi connectivity index (χ1) is 9.46. The van der Waals surface area contributed by atoms with E-state index in [0.717, 1.165) is 49.0 Å². The zero-order valence-electron chi connectivity index (χ0n) is 13.2. The summed E-state index contributed by atoms with van der Waals surface area (Å²) in [6.45, 7) is 10.9. The first-order valence-corrected chi connectivity index (χ1v) is 7.56. The van der Waals surface area contributed by atoms with E-state index >= 15 is 0 Å². The van der Waals surface area contributed by atoms with Gasteiger partial charge in [0.25, 0.3) is 0 Å². The second-order valence-electron chi connectivity index (χ2n) is 6.52. The van der Waals surface area contributed by atoms with E-state index in [0.29, 0.717) is 5.41 Å². The fourth-order valence-corrected chi connectivity index (χ4v) is 2.94. The lowest BCUT2D eigenvalue weighted by Crippen LogP contribution is -2.41. The number of rotatable bonds is 4. The van der Waals surface area contributed by atoms with Crippen LogP contribution in [0.1, 0.15) is 51.4 Å². The monoisotopic (exact) mass is 277 g/mol. The number of nitrogens with one attached hydrogen (secondary N) is 1. The fourth-order valence-electron chi connectivity index (χ4n) is 2.94. The number of anilines is 2. The minimum Gasteiger partial charge on any atom is -0.356 e. The third-order valence-corrected chi connectivity index (χ3v) is 3.98. The summed E-state index contributed by atoms with van der Waals surface area (Å²) in [7, 11) is 0. The van der Waals surface area contributed by atoms with Crippen molar-refractivity contribution in [1.29, 1.82) is 0 Å². The molecule has 2 heterocycles. The molecule has 1 aromatic heterocycles. The Labute approximate surface area is 121 Å². The van der Waals surface area contributed by atoms with E-state index < -0.39 is 0 Å². The largest absolute Gasteiger partial charge is 0.356 e. The molecule has 0 atom stereocenters. The Balaban J connectivity index is 2.36. The number of nitrogens with two attached hydrogens (primary N) is 1. The minimum atomic E-state index is 0.344. The quantitative estimate of drug-likeness (QED) is 0.654. The Kier molecular flexibility index (Phi) is 4.48. The van der Waals surface area contributed by atoms with Crippen molar-refractivity contribution in [3.05, 3.63) is 11.4 Å². The summed E-state index contributed by atoms with van der Waals surface area (Å²) < 4.78 is 0. The van der Waals surface area contributed by atoms with Gasteiger partial charge in [-0.1, -0.05) is 20.8 Å². The normalized spacial score (nSPS) is 18.1. The highest BCUT2D eigenvalue weighted by atomic mass is 15.3. The summed E-state index contributed by atoms with van der Waals surface area (Å²) in [5.74, 6) is 8.28.